The molecular formula is C10H8F3N3O2S2. The molecule has 5 nitrogen and oxygen atoms in total. The van der Waals surface area contributed by atoms with Crippen LogP contribution in [0.25, 0.3) is 0 Å². The van der Waals surface area contributed by atoms with E-state index in [4.69, 9.17) is 0 Å². The van der Waals surface area contributed by atoms with Crippen LogP contribution in [-0.2, 0) is 10.0 Å². The number of halogens is 3. The Balaban J connectivity index is 2.31. The summed E-state index contributed by atoms with van der Waals surface area (Å²) in [4.78, 5) is -0.233. The molecule has 1 aromatic heterocycles. The Bertz CT molecular complexity index is 684. The SMILES string of the molecule is O=S(=O)(Nc1ccccc1SC(F)(F)F)c1ccn[nH]1. The van der Waals surface area contributed by atoms with E-state index in [9.17, 15) is 21.6 Å². The molecule has 0 radical (unpaired) electrons. The first-order chi connectivity index (χ1) is 9.28. The van der Waals surface area contributed by atoms with Crippen molar-refractivity contribution in [2.75, 3.05) is 4.72 Å². The average Bonchev–Trinajstić information content (AvgIpc) is 2.83. The molecule has 1 heterocycles. The Morgan fingerprint density at radius 3 is 2.50 bits per heavy atom. The largest absolute Gasteiger partial charge is 0.446 e. The minimum absolute atomic E-state index is 0.149. The van der Waals surface area contributed by atoms with Gasteiger partial charge in [0.2, 0.25) is 0 Å². The summed E-state index contributed by atoms with van der Waals surface area (Å²) in [7, 11) is -4.00. The number of benzene rings is 1. The second-order valence-electron chi connectivity index (χ2n) is 3.57. The number of sulfonamides is 1. The second-order valence-corrected chi connectivity index (χ2v) is 6.33. The highest BCUT2D eigenvalue weighted by atomic mass is 32.2. The summed E-state index contributed by atoms with van der Waals surface area (Å²) in [6, 6.07) is 6.46. The lowest BCUT2D eigenvalue weighted by atomic mass is 10.3. The first kappa shape index (κ1) is 14.7. The van der Waals surface area contributed by atoms with Gasteiger partial charge in [0.05, 0.1) is 11.9 Å². The van der Waals surface area contributed by atoms with Crippen molar-refractivity contribution >= 4 is 27.5 Å². The third-order valence-corrected chi connectivity index (χ3v) is 4.22. The number of aromatic amines is 1. The molecule has 0 unspecified atom stereocenters. The lowest BCUT2D eigenvalue weighted by molar-refractivity contribution is -0.0327. The van der Waals surface area contributed by atoms with Crippen molar-refractivity contribution in [3.63, 3.8) is 0 Å². The molecular weight excluding hydrogens is 315 g/mol. The number of thioether (sulfide) groups is 1. The van der Waals surface area contributed by atoms with E-state index in [0.29, 0.717) is 0 Å². The highest BCUT2D eigenvalue weighted by molar-refractivity contribution is 8.00. The molecule has 0 atom stereocenters. The summed E-state index contributed by atoms with van der Waals surface area (Å²) in [6.45, 7) is 0. The van der Waals surface area contributed by atoms with Gasteiger partial charge in [-0.3, -0.25) is 9.82 Å². The predicted molar refractivity (Wildman–Crippen MR) is 67.8 cm³/mol. The molecule has 2 N–H and O–H groups in total. The van der Waals surface area contributed by atoms with Crippen molar-refractivity contribution in [2.24, 2.45) is 0 Å². The summed E-state index contributed by atoms with van der Waals surface area (Å²) in [5.41, 5.74) is -4.65. The molecule has 20 heavy (non-hydrogen) atoms. The lowest BCUT2D eigenvalue weighted by Crippen LogP contribution is -2.14. The normalized spacial score (nSPS) is 12.3. The minimum atomic E-state index is -4.50. The third kappa shape index (κ3) is 3.67. The number of hydrogen-bond donors (Lipinski definition) is 2. The maximum absolute atomic E-state index is 12.4. The van der Waals surface area contributed by atoms with Crippen LogP contribution in [0.4, 0.5) is 18.9 Å². The Labute approximate surface area is 116 Å². The van der Waals surface area contributed by atoms with Gasteiger partial charge in [-0.1, -0.05) is 12.1 Å². The van der Waals surface area contributed by atoms with E-state index in [1.807, 2.05) is 0 Å². The molecule has 0 saturated carbocycles. The van der Waals surface area contributed by atoms with Crippen molar-refractivity contribution in [2.45, 2.75) is 15.4 Å². The number of nitrogens with zero attached hydrogens (tertiary/aromatic N) is 1. The number of alkyl halides is 3. The number of rotatable bonds is 4. The summed E-state index contributed by atoms with van der Waals surface area (Å²) in [6.07, 6.45) is 1.23. The summed E-state index contributed by atoms with van der Waals surface area (Å²) < 4.78 is 63.1. The lowest BCUT2D eigenvalue weighted by Gasteiger charge is -2.12. The first-order valence-electron chi connectivity index (χ1n) is 5.15. The topological polar surface area (TPSA) is 74.8 Å². The fourth-order valence-electron chi connectivity index (χ4n) is 1.36. The van der Waals surface area contributed by atoms with Crippen LogP contribution in [0.3, 0.4) is 0 Å². The molecule has 0 aliphatic carbocycles. The highest BCUT2D eigenvalue weighted by Crippen LogP contribution is 2.40. The number of aromatic nitrogens is 2. The van der Waals surface area contributed by atoms with Gasteiger partial charge < -0.3 is 0 Å². The van der Waals surface area contributed by atoms with Gasteiger partial charge in [-0.25, -0.2) is 0 Å². The van der Waals surface area contributed by atoms with Gasteiger partial charge in [0.1, 0.15) is 0 Å². The van der Waals surface area contributed by atoms with Crippen LogP contribution in [0.1, 0.15) is 0 Å². The number of hydrogen-bond acceptors (Lipinski definition) is 4. The molecule has 1 aromatic carbocycles. The highest BCUT2D eigenvalue weighted by Gasteiger charge is 2.31. The van der Waals surface area contributed by atoms with E-state index in [-0.39, 0.29) is 27.4 Å². The summed E-state index contributed by atoms with van der Waals surface area (Å²) in [5, 5.41) is 5.49. The van der Waals surface area contributed by atoms with Crippen molar-refractivity contribution in [3.8, 4) is 0 Å². The summed E-state index contributed by atoms with van der Waals surface area (Å²) in [5.74, 6) is 0. The Morgan fingerprint density at radius 2 is 1.90 bits per heavy atom. The Morgan fingerprint density at radius 1 is 1.20 bits per heavy atom. The standard InChI is InChI=1S/C10H8F3N3O2S2/c11-10(12,13)19-8-4-2-1-3-7(8)16-20(17,18)9-5-6-14-15-9/h1-6,16H,(H,14,15). The maximum Gasteiger partial charge on any atom is 0.446 e. The molecule has 2 rings (SSSR count). The van der Waals surface area contributed by atoms with E-state index in [1.165, 1.54) is 36.5 Å². The zero-order valence-electron chi connectivity index (χ0n) is 9.68. The van der Waals surface area contributed by atoms with Gasteiger partial charge >= 0.3 is 5.51 Å². The smallest absolute Gasteiger partial charge is 0.277 e. The fourth-order valence-corrected chi connectivity index (χ4v) is 3.04. The quantitative estimate of drug-likeness (QED) is 0.849. The van der Waals surface area contributed by atoms with Crippen LogP contribution in [0.15, 0.2) is 46.5 Å². The number of H-pyrrole nitrogens is 1. The van der Waals surface area contributed by atoms with Gasteiger partial charge in [0.25, 0.3) is 10.0 Å². The van der Waals surface area contributed by atoms with Gasteiger partial charge in [-0.05, 0) is 30.0 Å². The molecule has 108 valence electrons. The Hall–Kier alpha value is -1.68. The van der Waals surface area contributed by atoms with Crippen LogP contribution in [0.2, 0.25) is 0 Å². The predicted octanol–water partition coefficient (Wildman–Crippen LogP) is 2.82. The van der Waals surface area contributed by atoms with Crippen LogP contribution < -0.4 is 4.72 Å². The van der Waals surface area contributed by atoms with Gasteiger partial charge in [-0.2, -0.15) is 26.7 Å². The van der Waals surface area contributed by atoms with Gasteiger partial charge in [-0.15, -0.1) is 0 Å². The van der Waals surface area contributed by atoms with E-state index in [2.05, 4.69) is 14.9 Å². The molecule has 0 spiro atoms. The van der Waals surface area contributed by atoms with Crippen LogP contribution in [-0.4, -0.2) is 24.1 Å². The zero-order valence-corrected chi connectivity index (χ0v) is 11.3. The molecule has 0 fully saturated rings. The van der Waals surface area contributed by atoms with E-state index < -0.39 is 15.5 Å². The maximum atomic E-state index is 12.4. The molecule has 0 amide bonds. The van der Waals surface area contributed by atoms with Crippen molar-refractivity contribution in [3.05, 3.63) is 36.5 Å². The monoisotopic (exact) mass is 323 g/mol. The molecule has 0 bridgehead atoms. The van der Waals surface area contributed by atoms with Crippen LogP contribution >= 0.6 is 11.8 Å². The van der Waals surface area contributed by atoms with Crippen LogP contribution in [0.5, 0.6) is 0 Å². The van der Waals surface area contributed by atoms with E-state index in [0.717, 1.165) is 0 Å². The molecule has 10 heteroatoms. The number of anilines is 1. The van der Waals surface area contributed by atoms with Crippen molar-refractivity contribution in [1.29, 1.82) is 0 Å². The molecule has 0 saturated heterocycles. The Kier molecular flexibility index (Phi) is 3.95. The fraction of sp³-hybridized carbons (Fsp3) is 0.100. The molecule has 0 aliphatic heterocycles. The number of nitrogens with one attached hydrogen (secondary N) is 2. The zero-order chi connectivity index (χ0) is 14.8. The molecule has 2 aromatic rings. The minimum Gasteiger partial charge on any atom is -0.277 e. The van der Waals surface area contributed by atoms with Gasteiger partial charge in [0.15, 0.2) is 5.03 Å². The van der Waals surface area contributed by atoms with Crippen LogP contribution in [0, 0.1) is 0 Å². The first-order valence-corrected chi connectivity index (χ1v) is 7.45. The van der Waals surface area contributed by atoms with E-state index >= 15 is 0 Å². The second kappa shape index (κ2) is 5.37. The third-order valence-electron chi connectivity index (χ3n) is 2.12. The summed E-state index contributed by atoms with van der Waals surface area (Å²) >= 11 is -0.387. The van der Waals surface area contributed by atoms with E-state index in [1.54, 1.807) is 0 Å². The average molecular weight is 323 g/mol. The van der Waals surface area contributed by atoms with Gasteiger partial charge in [0, 0.05) is 4.90 Å². The molecule has 0 aliphatic rings. The van der Waals surface area contributed by atoms with Crippen molar-refractivity contribution < 1.29 is 21.6 Å². The number of para-hydroxylation sites is 1. The van der Waals surface area contributed by atoms with Crippen molar-refractivity contribution in [1.82, 2.24) is 10.2 Å².